The third-order valence-electron chi connectivity index (χ3n) is 5.32. The zero-order chi connectivity index (χ0) is 15.6. The molecular formula is C21H26N2. The van der Waals surface area contributed by atoms with Crippen LogP contribution < -0.4 is 4.90 Å². The molecule has 1 fully saturated rings. The Morgan fingerprint density at radius 1 is 0.957 bits per heavy atom. The first kappa shape index (κ1) is 14.8. The van der Waals surface area contributed by atoms with Gasteiger partial charge in [0, 0.05) is 18.8 Å². The molecule has 2 heterocycles. The number of rotatable bonds is 2. The molecule has 2 aliphatic heterocycles. The largest absolute Gasteiger partial charge is 0.363 e. The molecule has 2 aromatic rings. The van der Waals surface area contributed by atoms with Gasteiger partial charge in [-0.25, -0.2) is 0 Å². The van der Waals surface area contributed by atoms with Gasteiger partial charge in [0.05, 0.1) is 6.04 Å². The number of anilines is 1. The Morgan fingerprint density at radius 3 is 2.61 bits per heavy atom. The molecule has 4 rings (SSSR count). The summed E-state index contributed by atoms with van der Waals surface area (Å²) in [5.74, 6) is 0. The van der Waals surface area contributed by atoms with Gasteiger partial charge in [-0.15, -0.1) is 0 Å². The topological polar surface area (TPSA) is 6.48 Å². The molecule has 2 aromatic carbocycles. The quantitative estimate of drug-likeness (QED) is 0.818. The van der Waals surface area contributed by atoms with Gasteiger partial charge in [-0.2, -0.15) is 0 Å². The summed E-state index contributed by atoms with van der Waals surface area (Å²) in [6.45, 7) is 7.05. The third kappa shape index (κ3) is 2.76. The van der Waals surface area contributed by atoms with E-state index in [0.717, 1.165) is 19.5 Å². The van der Waals surface area contributed by atoms with E-state index in [1.54, 1.807) is 0 Å². The molecule has 2 aliphatic rings. The van der Waals surface area contributed by atoms with Crippen LogP contribution in [-0.2, 0) is 6.42 Å². The van der Waals surface area contributed by atoms with Crippen LogP contribution in [-0.4, -0.2) is 31.1 Å². The monoisotopic (exact) mass is 306 g/mol. The highest BCUT2D eigenvalue weighted by atomic mass is 15.2. The minimum Gasteiger partial charge on any atom is -0.363 e. The van der Waals surface area contributed by atoms with Crippen LogP contribution >= 0.6 is 0 Å². The van der Waals surface area contributed by atoms with E-state index < -0.39 is 0 Å². The summed E-state index contributed by atoms with van der Waals surface area (Å²) in [5.41, 5.74) is 5.97. The maximum atomic E-state index is 2.68. The Bertz CT molecular complexity index is 679. The fourth-order valence-corrected chi connectivity index (χ4v) is 4.29. The molecule has 0 saturated carbocycles. The molecule has 1 saturated heterocycles. The number of fused-ring (bicyclic) bond motifs is 5. The molecule has 23 heavy (non-hydrogen) atoms. The molecule has 0 N–H and O–H groups in total. The van der Waals surface area contributed by atoms with Gasteiger partial charge in [0.1, 0.15) is 0 Å². The Hall–Kier alpha value is -1.80. The summed E-state index contributed by atoms with van der Waals surface area (Å²) in [6.07, 6.45) is 3.56. The predicted octanol–water partition coefficient (Wildman–Crippen LogP) is 4.25. The lowest BCUT2D eigenvalue weighted by molar-refractivity contribution is 0.273. The Labute approximate surface area is 139 Å². The zero-order valence-electron chi connectivity index (χ0n) is 14.0. The van der Waals surface area contributed by atoms with Gasteiger partial charge < -0.3 is 9.80 Å². The standard InChI is InChI=1S/C21H26N2/c1-2-12-22-13-7-14-23-20-11-6-4-9-18(20)15-17-8-3-5-10-19(17)21(23)16-22/h3-6,8-11,21H,2,7,12-16H2,1H3. The summed E-state index contributed by atoms with van der Waals surface area (Å²) in [4.78, 5) is 5.34. The molecule has 0 amide bonds. The van der Waals surface area contributed by atoms with Gasteiger partial charge in [-0.1, -0.05) is 49.4 Å². The van der Waals surface area contributed by atoms with E-state index in [2.05, 4.69) is 65.3 Å². The fourth-order valence-electron chi connectivity index (χ4n) is 4.29. The van der Waals surface area contributed by atoms with Crippen molar-refractivity contribution in [2.45, 2.75) is 32.2 Å². The molecule has 1 unspecified atom stereocenters. The predicted molar refractivity (Wildman–Crippen MR) is 97.1 cm³/mol. The van der Waals surface area contributed by atoms with Crippen LogP contribution in [0.4, 0.5) is 5.69 Å². The Balaban J connectivity index is 1.81. The van der Waals surface area contributed by atoms with Crippen molar-refractivity contribution in [2.75, 3.05) is 31.1 Å². The van der Waals surface area contributed by atoms with E-state index in [4.69, 9.17) is 0 Å². The van der Waals surface area contributed by atoms with Crippen LogP contribution in [0.1, 0.15) is 42.5 Å². The molecule has 0 aromatic heterocycles. The number of nitrogens with zero attached hydrogens (tertiary/aromatic N) is 2. The smallest absolute Gasteiger partial charge is 0.0672 e. The number of para-hydroxylation sites is 1. The average Bonchev–Trinajstić information content (AvgIpc) is 2.85. The summed E-state index contributed by atoms with van der Waals surface area (Å²) in [7, 11) is 0. The second kappa shape index (κ2) is 6.37. The Morgan fingerprint density at radius 2 is 1.74 bits per heavy atom. The maximum Gasteiger partial charge on any atom is 0.0672 e. The van der Waals surface area contributed by atoms with Crippen molar-refractivity contribution in [1.82, 2.24) is 4.90 Å². The molecule has 120 valence electrons. The number of benzene rings is 2. The van der Waals surface area contributed by atoms with Gasteiger partial charge in [-0.05, 0) is 55.1 Å². The molecule has 2 nitrogen and oxygen atoms in total. The lowest BCUT2D eigenvalue weighted by atomic mass is 9.97. The lowest BCUT2D eigenvalue weighted by Gasteiger charge is -2.34. The van der Waals surface area contributed by atoms with E-state index in [1.807, 2.05) is 0 Å². The molecule has 0 aliphatic carbocycles. The molecule has 0 spiro atoms. The van der Waals surface area contributed by atoms with Crippen LogP contribution in [0.15, 0.2) is 48.5 Å². The molecular weight excluding hydrogens is 280 g/mol. The van der Waals surface area contributed by atoms with Crippen molar-refractivity contribution in [3.63, 3.8) is 0 Å². The lowest BCUT2D eigenvalue weighted by Crippen LogP contribution is -2.35. The zero-order valence-corrected chi connectivity index (χ0v) is 14.0. The average molecular weight is 306 g/mol. The SMILES string of the molecule is CCCN1CCCN2c3ccccc3Cc3ccccc3C2C1. The molecule has 0 radical (unpaired) electrons. The van der Waals surface area contributed by atoms with Crippen LogP contribution in [0.25, 0.3) is 0 Å². The number of hydrogen-bond donors (Lipinski definition) is 0. The van der Waals surface area contributed by atoms with Gasteiger partial charge in [0.15, 0.2) is 0 Å². The highest BCUT2D eigenvalue weighted by Crippen LogP contribution is 2.38. The van der Waals surface area contributed by atoms with Gasteiger partial charge in [0.2, 0.25) is 0 Å². The van der Waals surface area contributed by atoms with E-state index in [1.165, 1.54) is 48.3 Å². The third-order valence-corrected chi connectivity index (χ3v) is 5.32. The first-order valence-corrected chi connectivity index (χ1v) is 9.01. The summed E-state index contributed by atoms with van der Waals surface area (Å²) < 4.78 is 0. The van der Waals surface area contributed by atoms with E-state index in [-0.39, 0.29) is 0 Å². The van der Waals surface area contributed by atoms with E-state index in [0.29, 0.717) is 6.04 Å². The van der Waals surface area contributed by atoms with Gasteiger partial charge >= 0.3 is 0 Å². The summed E-state index contributed by atoms with van der Waals surface area (Å²) >= 11 is 0. The summed E-state index contributed by atoms with van der Waals surface area (Å²) in [5, 5.41) is 0. The van der Waals surface area contributed by atoms with Gasteiger partial charge in [-0.3, -0.25) is 0 Å². The van der Waals surface area contributed by atoms with E-state index in [9.17, 15) is 0 Å². The van der Waals surface area contributed by atoms with Crippen LogP contribution in [0.2, 0.25) is 0 Å². The second-order valence-electron chi connectivity index (χ2n) is 6.87. The first-order chi connectivity index (χ1) is 11.4. The second-order valence-corrected chi connectivity index (χ2v) is 6.87. The van der Waals surface area contributed by atoms with Crippen LogP contribution in [0.3, 0.4) is 0 Å². The maximum absolute atomic E-state index is 2.68. The number of hydrogen-bond acceptors (Lipinski definition) is 2. The molecule has 1 atom stereocenters. The summed E-state index contributed by atoms with van der Waals surface area (Å²) in [6, 6.07) is 18.6. The van der Waals surface area contributed by atoms with Crippen molar-refractivity contribution in [3.8, 4) is 0 Å². The van der Waals surface area contributed by atoms with E-state index >= 15 is 0 Å². The normalized spacial score (nSPS) is 20.9. The first-order valence-electron chi connectivity index (χ1n) is 9.01. The highest BCUT2D eigenvalue weighted by Gasteiger charge is 2.31. The van der Waals surface area contributed by atoms with Gasteiger partial charge in [0.25, 0.3) is 0 Å². The van der Waals surface area contributed by atoms with Crippen molar-refractivity contribution in [3.05, 3.63) is 65.2 Å². The minimum absolute atomic E-state index is 0.490. The van der Waals surface area contributed by atoms with Crippen molar-refractivity contribution in [1.29, 1.82) is 0 Å². The highest BCUT2D eigenvalue weighted by molar-refractivity contribution is 5.60. The Kier molecular flexibility index (Phi) is 4.09. The molecule has 2 heteroatoms. The molecule has 0 bridgehead atoms. The van der Waals surface area contributed by atoms with Crippen LogP contribution in [0.5, 0.6) is 0 Å². The van der Waals surface area contributed by atoms with Crippen LogP contribution in [0, 0.1) is 0 Å². The van der Waals surface area contributed by atoms with Crippen molar-refractivity contribution >= 4 is 5.69 Å². The van der Waals surface area contributed by atoms with Crippen molar-refractivity contribution < 1.29 is 0 Å². The minimum atomic E-state index is 0.490. The fraction of sp³-hybridized carbons (Fsp3) is 0.429. The van der Waals surface area contributed by atoms with Crippen molar-refractivity contribution in [2.24, 2.45) is 0 Å².